The molecule has 0 saturated carbocycles. The summed E-state index contributed by atoms with van der Waals surface area (Å²) >= 11 is 1.40. The van der Waals surface area contributed by atoms with Crippen LogP contribution < -0.4 is 5.32 Å². The highest BCUT2D eigenvalue weighted by Gasteiger charge is 2.20. The molecule has 3 aromatic rings. The number of carbonyl (C=O) groups excluding carboxylic acids is 2. The molecule has 0 aliphatic rings. The molecule has 1 aromatic heterocycles. The lowest BCUT2D eigenvalue weighted by atomic mass is 10.1. The molecule has 0 aliphatic carbocycles. The first-order valence-electron chi connectivity index (χ1n) is 8.79. The highest BCUT2D eigenvalue weighted by Crippen LogP contribution is 2.31. The number of hydrogen-bond donors (Lipinski definition) is 1. The summed E-state index contributed by atoms with van der Waals surface area (Å²) in [5, 5.41) is 3.41. The standard InChI is InChI=1S/C22H21NO3S/c1-3-26-22(25)19-14-17(13-16-10-5-4-6-11-16)27-21(19)23-20(24)18-12-8-7-9-15(18)2/h4-12,14H,3,13H2,1-2H3,(H,23,24). The number of rotatable bonds is 6. The number of carbonyl (C=O) groups is 2. The molecule has 0 unspecified atom stereocenters. The second-order valence-electron chi connectivity index (χ2n) is 6.11. The van der Waals surface area contributed by atoms with Crippen molar-refractivity contribution in [3.05, 3.63) is 87.8 Å². The van der Waals surface area contributed by atoms with Crippen molar-refractivity contribution in [2.24, 2.45) is 0 Å². The van der Waals surface area contributed by atoms with E-state index in [2.05, 4.69) is 5.32 Å². The quantitative estimate of drug-likeness (QED) is 0.608. The van der Waals surface area contributed by atoms with Gasteiger partial charge in [-0.25, -0.2) is 4.79 Å². The van der Waals surface area contributed by atoms with E-state index in [1.807, 2.05) is 61.5 Å². The molecule has 4 nitrogen and oxygen atoms in total. The van der Waals surface area contributed by atoms with Gasteiger partial charge in [-0.3, -0.25) is 4.79 Å². The molecule has 0 spiro atoms. The van der Waals surface area contributed by atoms with Crippen molar-refractivity contribution in [3.63, 3.8) is 0 Å². The van der Waals surface area contributed by atoms with E-state index in [0.717, 1.165) is 16.0 Å². The summed E-state index contributed by atoms with van der Waals surface area (Å²) in [4.78, 5) is 26.0. The average molecular weight is 379 g/mol. The van der Waals surface area contributed by atoms with E-state index < -0.39 is 5.97 Å². The Kier molecular flexibility index (Phi) is 6.04. The van der Waals surface area contributed by atoms with Crippen LogP contribution in [-0.4, -0.2) is 18.5 Å². The van der Waals surface area contributed by atoms with Crippen LogP contribution in [0.5, 0.6) is 0 Å². The second-order valence-corrected chi connectivity index (χ2v) is 7.24. The number of ether oxygens (including phenoxy) is 1. The van der Waals surface area contributed by atoms with Gasteiger partial charge in [-0.15, -0.1) is 11.3 Å². The lowest BCUT2D eigenvalue weighted by Crippen LogP contribution is -2.15. The lowest BCUT2D eigenvalue weighted by molar-refractivity contribution is 0.0528. The van der Waals surface area contributed by atoms with Crippen molar-refractivity contribution in [2.45, 2.75) is 20.3 Å². The van der Waals surface area contributed by atoms with Crippen molar-refractivity contribution in [1.82, 2.24) is 0 Å². The summed E-state index contributed by atoms with van der Waals surface area (Å²) in [6.45, 7) is 3.94. The van der Waals surface area contributed by atoms with Gasteiger partial charge in [0.05, 0.1) is 12.2 Å². The van der Waals surface area contributed by atoms with Crippen LogP contribution in [0.1, 0.15) is 43.6 Å². The zero-order chi connectivity index (χ0) is 19.2. The van der Waals surface area contributed by atoms with Gasteiger partial charge in [0, 0.05) is 16.9 Å². The normalized spacial score (nSPS) is 10.4. The maximum absolute atomic E-state index is 12.7. The molecule has 138 valence electrons. The van der Waals surface area contributed by atoms with Crippen LogP contribution in [0.25, 0.3) is 0 Å². The molecule has 5 heteroatoms. The fourth-order valence-electron chi connectivity index (χ4n) is 2.78. The van der Waals surface area contributed by atoms with Gasteiger partial charge in [-0.2, -0.15) is 0 Å². The van der Waals surface area contributed by atoms with E-state index in [-0.39, 0.29) is 12.5 Å². The van der Waals surface area contributed by atoms with E-state index in [1.54, 1.807) is 13.0 Å². The van der Waals surface area contributed by atoms with Crippen molar-refractivity contribution >= 4 is 28.2 Å². The van der Waals surface area contributed by atoms with E-state index in [0.29, 0.717) is 22.5 Å². The molecular weight excluding hydrogens is 358 g/mol. The smallest absolute Gasteiger partial charge is 0.341 e. The number of amides is 1. The van der Waals surface area contributed by atoms with Gasteiger partial charge in [-0.1, -0.05) is 48.5 Å². The number of aryl methyl sites for hydroxylation is 1. The van der Waals surface area contributed by atoms with Gasteiger partial charge in [-0.05, 0) is 37.1 Å². The topological polar surface area (TPSA) is 55.4 Å². The van der Waals surface area contributed by atoms with E-state index in [1.165, 1.54) is 11.3 Å². The Balaban J connectivity index is 1.89. The Morgan fingerprint density at radius 1 is 1.00 bits per heavy atom. The maximum Gasteiger partial charge on any atom is 0.341 e. The van der Waals surface area contributed by atoms with Crippen LogP contribution in [0, 0.1) is 6.92 Å². The maximum atomic E-state index is 12.7. The Morgan fingerprint density at radius 3 is 2.41 bits per heavy atom. The highest BCUT2D eigenvalue weighted by molar-refractivity contribution is 7.16. The molecule has 1 amide bonds. The minimum absolute atomic E-state index is 0.230. The number of hydrogen-bond acceptors (Lipinski definition) is 4. The predicted octanol–water partition coefficient (Wildman–Crippen LogP) is 5.08. The van der Waals surface area contributed by atoms with Crippen molar-refractivity contribution in [2.75, 3.05) is 11.9 Å². The second kappa shape index (κ2) is 8.64. The van der Waals surface area contributed by atoms with E-state index in [4.69, 9.17) is 4.74 Å². The van der Waals surface area contributed by atoms with Gasteiger partial charge < -0.3 is 10.1 Å². The Labute approximate surface area is 162 Å². The molecule has 2 aromatic carbocycles. The summed E-state index contributed by atoms with van der Waals surface area (Å²) in [6, 6.07) is 19.2. The third-order valence-electron chi connectivity index (χ3n) is 4.12. The molecule has 0 atom stereocenters. The molecular formula is C22H21NO3S. The molecule has 0 radical (unpaired) electrons. The molecule has 1 heterocycles. The van der Waals surface area contributed by atoms with Crippen LogP contribution in [0.4, 0.5) is 5.00 Å². The molecule has 27 heavy (non-hydrogen) atoms. The van der Waals surface area contributed by atoms with Gasteiger partial charge in [0.15, 0.2) is 0 Å². The van der Waals surface area contributed by atoms with Gasteiger partial charge in [0.1, 0.15) is 5.00 Å². The number of esters is 1. The molecule has 0 fully saturated rings. The SMILES string of the molecule is CCOC(=O)c1cc(Cc2ccccc2)sc1NC(=O)c1ccccc1C. The Bertz CT molecular complexity index is 947. The van der Waals surface area contributed by atoms with Gasteiger partial charge in [0.2, 0.25) is 0 Å². The van der Waals surface area contributed by atoms with E-state index >= 15 is 0 Å². The van der Waals surface area contributed by atoms with Gasteiger partial charge in [0.25, 0.3) is 5.91 Å². The number of thiophene rings is 1. The van der Waals surface area contributed by atoms with Crippen molar-refractivity contribution in [1.29, 1.82) is 0 Å². The summed E-state index contributed by atoms with van der Waals surface area (Å²) in [5.74, 6) is -0.653. The van der Waals surface area contributed by atoms with E-state index in [9.17, 15) is 9.59 Å². The van der Waals surface area contributed by atoms with Crippen LogP contribution in [0.2, 0.25) is 0 Å². The van der Waals surface area contributed by atoms with Crippen LogP contribution in [0.15, 0.2) is 60.7 Å². The van der Waals surface area contributed by atoms with Crippen LogP contribution >= 0.6 is 11.3 Å². The summed E-state index contributed by atoms with van der Waals surface area (Å²) in [5.41, 5.74) is 3.01. The lowest BCUT2D eigenvalue weighted by Gasteiger charge is -2.08. The predicted molar refractivity (Wildman–Crippen MR) is 109 cm³/mol. The van der Waals surface area contributed by atoms with Crippen molar-refractivity contribution in [3.8, 4) is 0 Å². The van der Waals surface area contributed by atoms with Crippen LogP contribution in [0.3, 0.4) is 0 Å². The number of nitrogens with one attached hydrogen (secondary N) is 1. The van der Waals surface area contributed by atoms with Crippen molar-refractivity contribution < 1.29 is 14.3 Å². The minimum Gasteiger partial charge on any atom is -0.462 e. The largest absolute Gasteiger partial charge is 0.462 e. The number of anilines is 1. The first kappa shape index (κ1) is 18.9. The molecule has 0 bridgehead atoms. The first-order chi connectivity index (χ1) is 13.1. The third kappa shape index (κ3) is 4.63. The number of benzene rings is 2. The Morgan fingerprint density at radius 2 is 1.70 bits per heavy atom. The third-order valence-corrected chi connectivity index (χ3v) is 5.17. The molecule has 0 aliphatic heterocycles. The fourth-order valence-corrected chi connectivity index (χ4v) is 3.85. The highest BCUT2D eigenvalue weighted by atomic mass is 32.1. The molecule has 0 saturated heterocycles. The Hall–Kier alpha value is -2.92. The molecule has 3 rings (SSSR count). The fraction of sp³-hybridized carbons (Fsp3) is 0.182. The summed E-state index contributed by atoms with van der Waals surface area (Å²) in [6.07, 6.45) is 0.693. The van der Waals surface area contributed by atoms with Crippen LogP contribution in [-0.2, 0) is 11.2 Å². The monoisotopic (exact) mass is 379 g/mol. The summed E-state index contributed by atoms with van der Waals surface area (Å²) in [7, 11) is 0. The summed E-state index contributed by atoms with van der Waals surface area (Å²) < 4.78 is 5.16. The first-order valence-corrected chi connectivity index (χ1v) is 9.61. The average Bonchev–Trinajstić information content (AvgIpc) is 3.05. The van der Waals surface area contributed by atoms with Gasteiger partial charge >= 0.3 is 5.97 Å². The zero-order valence-corrected chi connectivity index (χ0v) is 16.1. The zero-order valence-electron chi connectivity index (χ0n) is 15.3. The minimum atomic E-state index is -0.423. The molecule has 1 N–H and O–H groups in total.